The van der Waals surface area contributed by atoms with Crippen molar-refractivity contribution in [3.8, 4) is 0 Å². The summed E-state index contributed by atoms with van der Waals surface area (Å²) in [5.41, 5.74) is -0.291. The lowest BCUT2D eigenvalue weighted by atomic mass is 9.87. The normalized spacial score (nSPS) is 24.1. The molecule has 8 nitrogen and oxygen atoms in total. The van der Waals surface area contributed by atoms with Crippen molar-refractivity contribution in [1.29, 1.82) is 0 Å². The van der Waals surface area contributed by atoms with E-state index >= 15 is 0 Å². The second-order valence-corrected chi connectivity index (χ2v) is 7.99. The molecule has 0 N–H and O–H groups in total. The fraction of sp³-hybridized carbons (Fsp3) is 0.833. The molecule has 0 aromatic heterocycles. The van der Waals surface area contributed by atoms with Crippen LogP contribution in [-0.4, -0.2) is 104 Å². The summed E-state index contributed by atoms with van der Waals surface area (Å²) in [6, 6.07) is 0.0175. The molecule has 8 heteroatoms. The van der Waals surface area contributed by atoms with Crippen molar-refractivity contribution in [2.45, 2.75) is 31.3 Å². The number of likely N-dealkylation sites (tertiary alicyclic amines) is 2. The number of rotatable bonds is 1. The molecule has 3 aliphatic heterocycles. The van der Waals surface area contributed by atoms with Gasteiger partial charge in [0, 0.05) is 59.8 Å². The van der Waals surface area contributed by atoms with E-state index in [1.165, 1.54) is 0 Å². The van der Waals surface area contributed by atoms with Crippen LogP contribution in [0.4, 0.5) is 4.79 Å². The SMILES string of the molecule is CN(C)C(=O)N1CCC(C(=O)N2CCC3(CC2)CN(C)C(=O)CO3)CC1. The van der Waals surface area contributed by atoms with E-state index in [1.54, 1.807) is 23.9 Å². The second kappa shape index (κ2) is 7.42. The highest BCUT2D eigenvalue weighted by atomic mass is 16.5. The predicted molar refractivity (Wildman–Crippen MR) is 95.5 cm³/mol. The lowest BCUT2D eigenvalue weighted by Crippen LogP contribution is -2.59. The van der Waals surface area contributed by atoms with Crippen LogP contribution in [-0.2, 0) is 14.3 Å². The first kappa shape index (κ1) is 18.9. The standard InChI is InChI=1S/C18H30N4O4/c1-19(2)17(25)22-8-4-14(5-9-22)16(24)21-10-6-18(7-11-21)13-20(3)15(23)12-26-18/h14H,4-13H2,1-3H3. The second-order valence-electron chi connectivity index (χ2n) is 7.99. The van der Waals surface area contributed by atoms with E-state index in [0.29, 0.717) is 32.7 Å². The largest absolute Gasteiger partial charge is 0.363 e. The number of amides is 4. The summed E-state index contributed by atoms with van der Waals surface area (Å²) in [5.74, 6) is 0.233. The number of piperidine rings is 2. The lowest BCUT2D eigenvalue weighted by molar-refractivity contribution is -0.171. The van der Waals surface area contributed by atoms with Crippen LogP contribution in [0.1, 0.15) is 25.7 Å². The van der Waals surface area contributed by atoms with E-state index in [1.807, 2.05) is 16.8 Å². The van der Waals surface area contributed by atoms with Gasteiger partial charge in [0.15, 0.2) is 0 Å². The predicted octanol–water partition coefficient (Wildman–Crippen LogP) is 0.230. The maximum absolute atomic E-state index is 12.9. The fourth-order valence-electron chi connectivity index (χ4n) is 4.19. The zero-order chi connectivity index (χ0) is 18.9. The molecule has 0 aromatic rings. The molecule has 3 heterocycles. The number of hydrogen-bond donors (Lipinski definition) is 0. The minimum atomic E-state index is -0.291. The van der Waals surface area contributed by atoms with Gasteiger partial charge in [0.05, 0.1) is 5.60 Å². The fourth-order valence-corrected chi connectivity index (χ4v) is 4.19. The molecule has 0 bridgehead atoms. The van der Waals surface area contributed by atoms with Gasteiger partial charge in [-0.1, -0.05) is 0 Å². The average molecular weight is 366 g/mol. The molecule has 3 aliphatic rings. The van der Waals surface area contributed by atoms with Gasteiger partial charge in [0.1, 0.15) is 6.61 Å². The van der Waals surface area contributed by atoms with Crippen LogP contribution in [0.5, 0.6) is 0 Å². The van der Waals surface area contributed by atoms with Gasteiger partial charge in [0.2, 0.25) is 11.8 Å². The highest BCUT2D eigenvalue weighted by molar-refractivity contribution is 5.80. The molecular formula is C18H30N4O4. The Hall–Kier alpha value is -1.83. The molecule has 0 unspecified atom stereocenters. The Bertz CT molecular complexity index is 564. The van der Waals surface area contributed by atoms with Crippen LogP contribution in [0, 0.1) is 5.92 Å². The molecule has 3 saturated heterocycles. The molecule has 3 rings (SSSR count). The summed E-state index contributed by atoms with van der Waals surface area (Å²) < 4.78 is 5.85. The monoisotopic (exact) mass is 366 g/mol. The number of ether oxygens (including phenoxy) is 1. The Labute approximate surface area is 155 Å². The van der Waals surface area contributed by atoms with E-state index < -0.39 is 0 Å². The third-order valence-electron chi connectivity index (χ3n) is 5.94. The maximum atomic E-state index is 12.9. The first-order chi connectivity index (χ1) is 12.3. The van der Waals surface area contributed by atoms with Gasteiger partial charge >= 0.3 is 6.03 Å². The molecule has 26 heavy (non-hydrogen) atoms. The van der Waals surface area contributed by atoms with E-state index in [9.17, 15) is 14.4 Å². The summed E-state index contributed by atoms with van der Waals surface area (Å²) in [6.07, 6.45) is 3.00. The van der Waals surface area contributed by atoms with Crippen LogP contribution >= 0.6 is 0 Å². The highest BCUT2D eigenvalue weighted by Crippen LogP contribution is 2.31. The molecular weight excluding hydrogens is 336 g/mol. The zero-order valence-electron chi connectivity index (χ0n) is 16.1. The van der Waals surface area contributed by atoms with Crippen LogP contribution in [0.15, 0.2) is 0 Å². The molecule has 146 valence electrons. The van der Waals surface area contributed by atoms with Crippen LogP contribution in [0.3, 0.4) is 0 Å². The third kappa shape index (κ3) is 3.79. The Balaban J connectivity index is 1.49. The van der Waals surface area contributed by atoms with Crippen molar-refractivity contribution in [1.82, 2.24) is 19.6 Å². The summed E-state index contributed by atoms with van der Waals surface area (Å²) in [4.78, 5) is 43.6. The Kier molecular flexibility index (Phi) is 5.41. The van der Waals surface area contributed by atoms with Gasteiger partial charge in [-0.3, -0.25) is 9.59 Å². The van der Waals surface area contributed by atoms with Crippen molar-refractivity contribution in [3.05, 3.63) is 0 Å². The summed E-state index contributed by atoms with van der Waals surface area (Å²) in [6.45, 7) is 3.39. The molecule has 0 radical (unpaired) electrons. The van der Waals surface area contributed by atoms with E-state index in [0.717, 1.165) is 25.7 Å². The zero-order valence-corrected chi connectivity index (χ0v) is 16.1. The quantitative estimate of drug-likeness (QED) is 0.666. The summed E-state index contributed by atoms with van der Waals surface area (Å²) in [7, 11) is 5.32. The van der Waals surface area contributed by atoms with Crippen molar-refractivity contribution < 1.29 is 19.1 Å². The maximum Gasteiger partial charge on any atom is 0.319 e. The van der Waals surface area contributed by atoms with E-state index in [-0.39, 0.29) is 36.0 Å². The number of hydrogen-bond acceptors (Lipinski definition) is 4. The molecule has 0 aliphatic carbocycles. The van der Waals surface area contributed by atoms with Crippen LogP contribution < -0.4 is 0 Å². The van der Waals surface area contributed by atoms with Gasteiger partial charge in [-0.25, -0.2) is 4.79 Å². The molecule has 0 atom stereocenters. The van der Waals surface area contributed by atoms with Gasteiger partial charge < -0.3 is 24.3 Å². The Morgan fingerprint density at radius 3 is 2.23 bits per heavy atom. The molecule has 0 saturated carbocycles. The highest BCUT2D eigenvalue weighted by Gasteiger charge is 2.43. The number of nitrogens with zero attached hydrogens (tertiary/aromatic N) is 4. The van der Waals surface area contributed by atoms with Crippen molar-refractivity contribution in [3.63, 3.8) is 0 Å². The number of carbonyl (C=O) groups is 3. The van der Waals surface area contributed by atoms with Gasteiger partial charge in [-0.2, -0.15) is 0 Å². The van der Waals surface area contributed by atoms with E-state index in [2.05, 4.69) is 0 Å². The molecule has 1 spiro atoms. The lowest BCUT2D eigenvalue weighted by Gasteiger charge is -2.46. The third-order valence-corrected chi connectivity index (χ3v) is 5.94. The number of likely N-dealkylation sites (N-methyl/N-ethyl adjacent to an activating group) is 1. The molecule has 3 fully saturated rings. The van der Waals surface area contributed by atoms with Crippen molar-refractivity contribution >= 4 is 17.8 Å². The Morgan fingerprint density at radius 2 is 1.69 bits per heavy atom. The van der Waals surface area contributed by atoms with Crippen molar-refractivity contribution in [2.75, 3.05) is 60.5 Å². The summed E-state index contributed by atoms with van der Waals surface area (Å²) in [5, 5.41) is 0. The van der Waals surface area contributed by atoms with Crippen molar-refractivity contribution in [2.24, 2.45) is 5.92 Å². The topological polar surface area (TPSA) is 73.4 Å². The smallest absolute Gasteiger partial charge is 0.319 e. The van der Waals surface area contributed by atoms with Crippen LogP contribution in [0.2, 0.25) is 0 Å². The van der Waals surface area contributed by atoms with Gasteiger partial charge in [-0.05, 0) is 25.7 Å². The Morgan fingerprint density at radius 1 is 1.08 bits per heavy atom. The van der Waals surface area contributed by atoms with E-state index in [4.69, 9.17) is 4.74 Å². The molecule has 4 amide bonds. The average Bonchev–Trinajstić information content (AvgIpc) is 2.65. The number of carbonyl (C=O) groups excluding carboxylic acids is 3. The minimum absolute atomic E-state index is 0.00629. The van der Waals surface area contributed by atoms with Gasteiger partial charge in [-0.15, -0.1) is 0 Å². The van der Waals surface area contributed by atoms with Crippen LogP contribution in [0.25, 0.3) is 0 Å². The minimum Gasteiger partial charge on any atom is -0.363 e. The number of morpholine rings is 1. The number of urea groups is 1. The van der Waals surface area contributed by atoms with Gasteiger partial charge in [0.25, 0.3) is 0 Å². The first-order valence-corrected chi connectivity index (χ1v) is 9.44. The molecule has 0 aromatic carbocycles. The summed E-state index contributed by atoms with van der Waals surface area (Å²) >= 11 is 0. The first-order valence-electron chi connectivity index (χ1n) is 9.44.